The van der Waals surface area contributed by atoms with Crippen LogP contribution in [0.5, 0.6) is 11.5 Å². The van der Waals surface area contributed by atoms with Crippen LogP contribution >= 0.6 is 0 Å². The molecule has 30 heavy (non-hydrogen) atoms. The maximum atomic E-state index is 11.9. The maximum absolute atomic E-state index is 11.9. The Bertz CT molecular complexity index is 1020. The lowest BCUT2D eigenvalue weighted by Gasteiger charge is -2.01. The van der Waals surface area contributed by atoms with Crippen molar-refractivity contribution in [2.45, 2.75) is 0 Å². The average molecular weight is 402 g/mol. The largest absolute Gasteiger partial charge is 0.508 e. The topological polar surface area (TPSA) is 123 Å². The van der Waals surface area contributed by atoms with Crippen molar-refractivity contribution in [2.24, 2.45) is 10.2 Å². The van der Waals surface area contributed by atoms with E-state index in [-0.39, 0.29) is 11.5 Å². The molecule has 0 heterocycles. The predicted molar refractivity (Wildman–Crippen MR) is 113 cm³/mol. The van der Waals surface area contributed by atoms with Gasteiger partial charge in [0.25, 0.3) is 11.8 Å². The monoisotopic (exact) mass is 402 g/mol. The highest BCUT2D eigenvalue weighted by Crippen LogP contribution is 2.11. The third-order valence-corrected chi connectivity index (χ3v) is 3.91. The van der Waals surface area contributed by atoms with E-state index in [1.807, 2.05) is 0 Å². The summed E-state index contributed by atoms with van der Waals surface area (Å²) in [6.07, 6.45) is 2.95. The predicted octanol–water partition coefficient (Wildman–Crippen LogP) is 2.63. The molecule has 2 amide bonds. The Morgan fingerprint density at radius 3 is 1.43 bits per heavy atom. The van der Waals surface area contributed by atoms with Gasteiger partial charge in [-0.15, -0.1) is 0 Å². The molecule has 8 heteroatoms. The Morgan fingerprint density at radius 1 is 0.667 bits per heavy atom. The minimum Gasteiger partial charge on any atom is -0.508 e. The Kier molecular flexibility index (Phi) is 6.52. The molecule has 0 radical (unpaired) electrons. The number of hydrogen-bond donors (Lipinski definition) is 4. The molecule has 0 saturated carbocycles. The minimum atomic E-state index is -0.437. The first-order valence-electron chi connectivity index (χ1n) is 8.86. The number of carbonyl (C=O) groups is 2. The molecule has 0 bridgehead atoms. The van der Waals surface area contributed by atoms with E-state index < -0.39 is 11.8 Å². The van der Waals surface area contributed by atoms with Gasteiger partial charge in [-0.2, -0.15) is 10.2 Å². The average Bonchev–Trinajstić information content (AvgIpc) is 2.74. The molecular weight excluding hydrogens is 384 g/mol. The summed E-state index contributed by atoms with van der Waals surface area (Å²) in [5.41, 5.74) is 6.85. The number of benzene rings is 3. The van der Waals surface area contributed by atoms with Gasteiger partial charge in [0.15, 0.2) is 0 Å². The zero-order valence-electron chi connectivity index (χ0n) is 15.7. The molecule has 4 N–H and O–H groups in total. The number of amides is 2. The molecule has 0 aliphatic heterocycles. The summed E-state index contributed by atoms with van der Waals surface area (Å²) in [7, 11) is 0. The van der Waals surface area contributed by atoms with E-state index >= 15 is 0 Å². The second-order valence-corrected chi connectivity index (χ2v) is 6.17. The van der Waals surface area contributed by atoms with E-state index in [9.17, 15) is 19.8 Å². The lowest BCUT2D eigenvalue weighted by molar-refractivity contribution is 0.0947. The summed E-state index contributed by atoms with van der Waals surface area (Å²) in [5.74, 6) is -0.870. The lowest BCUT2D eigenvalue weighted by atomic mass is 10.2. The number of aromatic hydroxyl groups is 2. The van der Waals surface area contributed by atoms with Gasteiger partial charge < -0.3 is 10.2 Å². The third kappa shape index (κ3) is 5.77. The van der Waals surface area contributed by atoms with Gasteiger partial charge in [0, 0.05) is 11.1 Å². The first kappa shape index (κ1) is 20.3. The van der Waals surface area contributed by atoms with Crippen LogP contribution in [0.25, 0.3) is 0 Å². The quantitative estimate of drug-likeness (QED) is 0.374. The van der Waals surface area contributed by atoms with Crippen molar-refractivity contribution in [3.05, 3.63) is 95.1 Å². The van der Waals surface area contributed by atoms with Gasteiger partial charge in [-0.1, -0.05) is 36.4 Å². The standard InChI is InChI=1S/C22H18N4O4/c27-19-5-1-3-17(11-19)21(29)25-23-13-15-7-9-16(10-8-15)14-24-26-22(30)18-4-2-6-20(28)12-18/h1-14,27-28H,(H,25,29)(H,26,30). The van der Waals surface area contributed by atoms with Gasteiger partial charge in [-0.05, 0) is 47.5 Å². The highest BCUT2D eigenvalue weighted by atomic mass is 16.3. The van der Waals surface area contributed by atoms with Crippen LogP contribution in [0.4, 0.5) is 0 Å². The van der Waals surface area contributed by atoms with E-state index in [1.165, 1.54) is 36.7 Å². The first-order valence-corrected chi connectivity index (χ1v) is 8.86. The normalized spacial score (nSPS) is 10.9. The zero-order valence-corrected chi connectivity index (χ0v) is 15.7. The minimum absolute atomic E-state index is 0.00184. The SMILES string of the molecule is O=C(NN=Cc1ccc(C=NNC(=O)c2cccc(O)c2)cc1)c1cccc(O)c1. The molecule has 3 aromatic rings. The molecule has 150 valence electrons. The number of hydrogen-bond acceptors (Lipinski definition) is 6. The van der Waals surface area contributed by atoms with Gasteiger partial charge in [-0.25, -0.2) is 10.9 Å². The number of nitrogens with one attached hydrogen (secondary N) is 2. The second kappa shape index (κ2) is 9.65. The summed E-state index contributed by atoms with van der Waals surface area (Å²) < 4.78 is 0. The molecule has 0 aromatic heterocycles. The van der Waals surface area contributed by atoms with Crippen molar-refractivity contribution in [1.82, 2.24) is 10.9 Å². The van der Waals surface area contributed by atoms with Crippen LogP contribution in [0.15, 0.2) is 83.0 Å². The van der Waals surface area contributed by atoms with Gasteiger partial charge in [0.2, 0.25) is 0 Å². The van der Waals surface area contributed by atoms with E-state index in [2.05, 4.69) is 21.1 Å². The highest BCUT2D eigenvalue weighted by Gasteiger charge is 2.05. The third-order valence-electron chi connectivity index (χ3n) is 3.91. The molecule has 3 rings (SSSR count). The molecule has 0 unspecified atom stereocenters. The van der Waals surface area contributed by atoms with Crippen LogP contribution in [0.1, 0.15) is 31.8 Å². The van der Waals surface area contributed by atoms with Gasteiger partial charge in [0.1, 0.15) is 11.5 Å². The number of carbonyl (C=O) groups excluding carboxylic acids is 2. The Morgan fingerprint density at radius 2 is 1.07 bits per heavy atom. The molecule has 0 aliphatic rings. The number of phenolic OH excluding ortho intramolecular Hbond substituents is 2. The Labute approximate surface area is 172 Å². The second-order valence-electron chi connectivity index (χ2n) is 6.17. The highest BCUT2D eigenvalue weighted by molar-refractivity contribution is 5.96. The van der Waals surface area contributed by atoms with Crippen LogP contribution in [0, 0.1) is 0 Å². The van der Waals surface area contributed by atoms with E-state index in [0.717, 1.165) is 11.1 Å². The van der Waals surface area contributed by atoms with E-state index in [1.54, 1.807) is 48.5 Å². The molecule has 8 nitrogen and oxygen atoms in total. The van der Waals surface area contributed by atoms with Crippen molar-refractivity contribution in [3.8, 4) is 11.5 Å². The number of nitrogens with zero attached hydrogens (tertiary/aromatic N) is 2. The van der Waals surface area contributed by atoms with Crippen molar-refractivity contribution in [1.29, 1.82) is 0 Å². The van der Waals surface area contributed by atoms with Crippen LogP contribution in [-0.4, -0.2) is 34.5 Å². The van der Waals surface area contributed by atoms with E-state index in [0.29, 0.717) is 11.1 Å². The Balaban J connectivity index is 1.52. The van der Waals surface area contributed by atoms with Gasteiger partial charge in [0.05, 0.1) is 12.4 Å². The van der Waals surface area contributed by atoms with Crippen molar-refractivity contribution >= 4 is 24.2 Å². The lowest BCUT2D eigenvalue weighted by Crippen LogP contribution is -2.17. The summed E-state index contributed by atoms with van der Waals surface area (Å²) in [6.45, 7) is 0. The van der Waals surface area contributed by atoms with Crippen molar-refractivity contribution in [2.75, 3.05) is 0 Å². The first-order chi connectivity index (χ1) is 14.5. The van der Waals surface area contributed by atoms with Crippen molar-refractivity contribution < 1.29 is 19.8 Å². The van der Waals surface area contributed by atoms with E-state index in [4.69, 9.17) is 0 Å². The number of rotatable bonds is 6. The smallest absolute Gasteiger partial charge is 0.271 e. The fourth-order valence-electron chi connectivity index (χ4n) is 2.42. The van der Waals surface area contributed by atoms with Gasteiger partial charge in [-0.3, -0.25) is 9.59 Å². The van der Waals surface area contributed by atoms with Gasteiger partial charge >= 0.3 is 0 Å². The molecule has 0 atom stereocenters. The number of hydrazone groups is 2. The fourth-order valence-corrected chi connectivity index (χ4v) is 2.42. The summed E-state index contributed by atoms with van der Waals surface area (Å²) in [4.78, 5) is 23.9. The summed E-state index contributed by atoms with van der Waals surface area (Å²) >= 11 is 0. The Hall–Kier alpha value is -4.46. The van der Waals surface area contributed by atoms with Crippen molar-refractivity contribution in [3.63, 3.8) is 0 Å². The van der Waals surface area contributed by atoms with Crippen LogP contribution in [0.2, 0.25) is 0 Å². The van der Waals surface area contributed by atoms with Crippen LogP contribution in [-0.2, 0) is 0 Å². The number of phenols is 2. The maximum Gasteiger partial charge on any atom is 0.271 e. The zero-order chi connectivity index (χ0) is 21.3. The molecule has 0 aliphatic carbocycles. The molecule has 0 saturated heterocycles. The molecular formula is C22H18N4O4. The van der Waals surface area contributed by atoms with Crippen LogP contribution < -0.4 is 10.9 Å². The molecule has 0 fully saturated rings. The summed E-state index contributed by atoms with van der Waals surface area (Å²) in [5, 5.41) is 26.6. The molecule has 3 aromatic carbocycles. The molecule has 0 spiro atoms. The van der Waals surface area contributed by atoms with Crippen LogP contribution in [0.3, 0.4) is 0 Å². The summed E-state index contributed by atoms with van der Waals surface area (Å²) in [6, 6.07) is 19.0. The fraction of sp³-hybridized carbons (Fsp3) is 0.